The van der Waals surface area contributed by atoms with Gasteiger partial charge in [0.15, 0.2) is 0 Å². The number of amides is 1. The minimum absolute atomic E-state index is 0.283. The van der Waals surface area contributed by atoms with Gasteiger partial charge in [-0.2, -0.15) is 5.26 Å². The number of ether oxygens (including phenoxy) is 1. The summed E-state index contributed by atoms with van der Waals surface area (Å²) in [5.74, 6) is 0. The molecule has 0 N–H and O–H groups in total. The van der Waals surface area contributed by atoms with Gasteiger partial charge in [0.1, 0.15) is 6.61 Å². The molecule has 0 saturated carbocycles. The normalized spacial score (nSPS) is 13.8. The number of rotatable bonds is 3. The first-order valence-corrected chi connectivity index (χ1v) is 7.91. The van der Waals surface area contributed by atoms with Crippen molar-refractivity contribution in [3.8, 4) is 6.07 Å². The zero-order valence-electron chi connectivity index (χ0n) is 13.3. The Bertz CT molecular complexity index is 774. The molecule has 0 bridgehead atoms. The number of nitrogens with zero attached hydrogens (tertiary/aromatic N) is 2. The van der Waals surface area contributed by atoms with Gasteiger partial charge in [-0.15, -0.1) is 0 Å². The number of benzene rings is 2. The maximum atomic E-state index is 12.1. The fraction of sp³-hybridized carbons (Fsp3) is 0.200. The molecule has 24 heavy (non-hydrogen) atoms. The number of hydrogen-bond donors (Lipinski definition) is 0. The molecule has 1 aliphatic rings. The van der Waals surface area contributed by atoms with Gasteiger partial charge in [0.25, 0.3) is 0 Å². The van der Waals surface area contributed by atoms with Crippen molar-refractivity contribution >= 4 is 11.7 Å². The Kier molecular flexibility index (Phi) is 4.93. The van der Waals surface area contributed by atoms with Crippen molar-refractivity contribution in [3.05, 3.63) is 77.4 Å². The molecule has 0 atom stereocenters. The van der Waals surface area contributed by atoms with Crippen LogP contribution in [0.5, 0.6) is 0 Å². The zero-order valence-corrected chi connectivity index (χ0v) is 13.3. The van der Waals surface area contributed by atoms with E-state index in [1.54, 1.807) is 4.90 Å². The van der Waals surface area contributed by atoms with Crippen LogP contribution in [0.3, 0.4) is 0 Å². The van der Waals surface area contributed by atoms with Crippen LogP contribution in [0.2, 0.25) is 0 Å². The molecule has 0 spiro atoms. The lowest BCUT2D eigenvalue weighted by Crippen LogP contribution is -2.35. The predicted octanol–water partition coefficient (Wildman–Crippen LogP) is 3.98. The predicted molar refractivity (Wildman–Crippen MR) is 92.0 cm³/mol. The van der Waals surface area contributed by atoms with Gasteiger partial charge in [-0.1, -0.05) is 48.5 Å². The largest absolute Gasteiger partial charge is 0.445 e. The Balaban J connectivity index is 1.56. The van der Waals surface area contributed by atoms with Crippen LogP contribution in [0.4, 0.5) is 4.79 Å². The van der Waals surface area contributed by atoms with Gasteiger partial charge in [-0.25, -0.2) is 4.79 Å². The van der Waals surface area contributed by atoms with Crippen molar-refractivity contribution in [2.24, 2.45) is 0 Å². The van der Waals surface area contributed by atoms with Crippen LogP contribution in [-0.4, -0.2) is 24.1 Å². The molecule has 1 heterocycles. The average molecular weight is 318 g/mol. The average Bonchev–Trinajstić information content (AvgIpc) is 2.67. The molecule has 1 aliphatic heterocycles. The third-order valence-electron chi connectivity index (χ3n) is 4.06. The number of hydrogen-bond acceptors (Lipinski definition) is 3. The van der Waals surface area contributed by atoms with Gasteiger partial charge in [0.2, 0.25) is 0 Å². The third kappa shape index (κ3) is 3.82. The van der Waals surface area contributed by atoms with E-state index in [-0.39, 0.29) is 6.09 Å². The van der Waals surface area contributed by atoms with E-state index in [1.807, 2.05) is 54.6 Å². The molecular weight excluding hydrogens is 300 g/mol. The minimum Gasteiger partial charge on any atom is -0.445 e. The molecule has 4 nitrogen and oxygen atoms in total. The first kappa shape index (κ1) is 15.8. The number of carbonyl (C=O) groups excluding carboxylic acids is 1. The summed E-state index contributed by atoms with van der Waals surface area (Å²) < 4.78 is 5.36. The summed E-state index contributed by atoms with van der Waals surface area (Å²) in [6.45, 7) is 1.48. The topological polar surface area (TPSA) is 53.3 Å². The SMILES string of the molecule is N#Cc1ccc(C2=CCN(C(=O)OCc3ccccc3)CC2)cc1. The van der Waals surface area contributed by atoms with E-state index in [9.17, 15) is 4.79 Å². The van der Waals surface area contributed by atoms with Gasteiger partial charge in [0.05, 0.1) is 11.6 Å². The Morgan fingerprint density at radius 2 is 1.88 bits per heavy atom. The Hall–Kier alpha value is -3.06. The molecule has 120 valence electrons. The Morgan fingerprint density at radius 3 is 2.50 bits per heavy atom. The van der Waals surface area contributed by atoms with Crippen LogP contribution >= 0.6 is 0 Å². The van der Waals surface area contributed by atoms with Gasteiger partial charge in [-0.05, 0) is 35.3 Å². The summed E-state index contributed by atoms with van der Waals surface area (Å²) in [7, 11) is 0. The maximum Gasteiger partial charge on any atom is 0.410 e. The van der Waals surface area contributed by atoms with E-state index in [0.717, 1.165) is 17.5 Å². The Morgan fingerprint density at radius 1 is 1.12 bits per heavy atom. The highest BCUT2D eigenvalue weighted by molar-refractivity contribution is 5.72. The molecule has 1 amide bonds. The van der Waals surface area contributed by atoms with E-state index < -0.39 is 0 Å². The first-order valence-electron chi connectivity index (χ1n) is 7.91. The summed E-state index contributed by atoms with van der Waals surface area (Å²) >= 11 is 0. The van der Waals surface area contributed by atoms with E-state index in [0.29, 0.717) is 25.3 Å². The number of carbonyl (C=O) groups is 1. The molecule has 0 aliphatic carbocycles. The van der Waals surface area contributed by atoms with E-state index in [2.05, 4.69) is 12.1 Å². The molecule has 0 aromatic heterocycles. The molecule has 4 heteroatoms. The number of nitriles is 1. The van der Waals surface area contributed by atoms with Gasteiger partial charge < -0.3 is 9.64 Å². The van der Waals surface area contributed by atoms with E-state index >= 15 is 0 Å². The molecule has 3 rings (SSSR count). The fourth-order valence-corrected chi connectivity index (χ4v) is 2.67. The molecular formula is C20H18N2O2. The van der Waals surface area contributed by atoms with Crippen LogP contribution in [0.15, 0.2) is 60.7 Å². The highest BCUT2D eigenvalue weighted by Crippen LogP contribution is 2.23. The third-order valence-corrected chi connectivity index (χ3v) is 4.06. The second-order valence-electron chi connectivity index (χ2n) is 5.65. The minimum atomic E-state index is -0.283. The quantitative estimate of drug-likeness (QED) is 0.860. The summed E-state index contributed by atoms with van der Waals surface area (Å²) in [5.41, 5.74) is 3.94. The highest BCUT2D eigenvalue weighted by Gasteiger charge is 2.19. The second-order valence-corrected chi connectivity index (χ2v) is 5.65. The smallest absolute Gasteiger partial charge is 0.410 e. The molecule has 0 unspecified atom stereocenters. The molecule has 2 aromatic rings. The lowest BCUT2D eigenvalue weighted by molar-refractivity contribution is 0.0998. The fourth-order valence-electron chi connectivity index (χ4n) is 2.67. The van der Waals surface area contributed by atoms with Crippen LogP contribution in [0.25, 0.3) is 5.57 Å². The van der Waals surface area contributed by atoms with Gasteiger partial charge in [0, 0.05) is 13.1 Å². The van der Waals surface area contributed by atoms with E-state index in [4.69, 9.17) is 10.00 Å². The second kappa shape index (κ2) is 7.47. The van der Waals surface area contributed by atoms with Crippen molar-refractivity contribution < 1.29 is 9.53 Å². The molecule has 0 saturated heterocycles. The first-order chi connectivity index (χ1) is 11.8. The summed E-state index contributed by atoms with van der Waals surface area (Å²) in [5, 5.41) is 8.84. The summed E-state index contributed by atoms with van der Waals surface area (Å²) in [4.78, 5) is 13.8. The molecule has 2 aromatic carbocycles. The van der Waals surface area contributed by atoms with Crippen molar-refractivity contribution in [1.29, 1.82) is 5.26 Å². The van der Waals surface area contributed by atoms with Gasteiger partial charge >= 0.3 is 6.09 Å². The monoisotopic (exact) mass is 318 g/mol. The zero-order chi connectivity index (χ0) is 16.8. The van der Waals surface area contributed by atoms with Crippen molar-refractivity contribution in [2.75, 3.05) is 13.1 Å². The van der Waals surface area contributed by atoms with Crippen LogP contribution in [-0.2, 0) is 11.3 Å². The van der Waals surface area contributed by atoms with Crippen LogP contribution in [0.1, 0.15) is 23.1 Å². The highest BCUT2D eigenvalue weighted by atomic mass is 16.6. The molecule has 0 fully saturated rings. The summed E-state index contributed by atoms with van der Waals surface area (Å²) in [6.07, 6.45) is 2.55. The maximum absolute atomic E-state index is 12.1. The van der Waals surface area contributed by atoms with Crippen LogP contribution < -0.4 is 0 Å². The van der Waals surface area contributed by atoms with Crippen molar-refractivity contribution in [1.82, 2.24) is 4.90 Å². The van der Waals surface area contributed by atoms with E-state index in [1.165, 1.54) is 5.57 Å². The lowest BCUT2D eigenvalue weighted by Gasteiger charge is -2.26. The lowest BCUT2D eigenvalue weighted by atomic mass is 9.99. The van der Waals surface area contributed by atoms with Crippen LogP contribution in [0, 0.1) is 11.3 Å². The molecule has 0 radical (unpaired) electrons. The standard InChI is InChI=1S/C20H18N2O2/c21-14-16-6-8-18(9-7-16)19-10-12-22(13-11-19)20(23)24-15-17-4-2-1-3-5-17/h1-10H,11-13,15H2. The van der Waals surface area contributed by atoms with Crippen molar-refractivity contribution in [2.45, 2.75) is 13.0 Å². The van der Waals surface area contributed by atoms with Crippen molar-refractivity contribution in [3.63, 3.8) is 0 Å². The Labute approximate surface area is 141 Å². The summed E-state index contributed by atoms with van der Waals surface area (Å²) in [6, 6.07) is 19.3. The van der Waals surface area contributed by atoms with Gasteiger partial charge in [-0.3, -0.25) is 0 Å².